The highest BCUT2D eigenvalue weighted by Gasteiger charge is 2.47. The molecule has 1 heterocycles. The standard InChI is InChI=1S/C71H48N2/c1-5-18-49(19-6-1)50-32-34-51(35-33-50)52-36-42-59(43-37-52)72(67-31-17-30-66-69(67)64-28-15-16-29-65(64)71(66,56-21-7-2-8-22-56)57-23-9-3-10-24-57)60-44-38-53(39-45-60)55-41-46-62-63-47-40-54-20-13-14-27-61(54)70(63)73(68(62)48-55)58-25-11-4-12-26-58/h1-48H. The number of fused-ring (bicyclic) bond motifs is 8. The summed E-state index contributed by atoms with van der Waals surface area (Å²) in [6.45, 7) is 0. The molecule has 0 atom stereocenters. The van der Waals surface area contributed by atoms with Crippen LogP contribution in [0.15, 0.2) is 291 Å². The summed E-state index contributed by atoms with van der Waals surface area (Å²) in [7, 11) is 0. The molecule has 12 aromatic carbocycles. The summed E-state index contributed by atoms with van der Waals surface area (Å²) in [5.74, 6) is 0. The average molecular weight is 929 g/mol. The van der Waals surface area contributed by atoms with E-state index in [1.807, 2.05) is 0 Å². The Bertz CT molecular complexity index is 4100. The van der Waals surface area contributed by atoms with Gasteiger partial charge >= 0.3 is 0 Å². The summed E-state index contributed by atoms with van der Waals surface area (Å²) in [4.78, 5) is 2.47. The van der Waals surface area contributed by atoms with Crippen molar-refractivity contribution < 1.29 is 0 Å². The summed E-state index contributed by atoms with van der Waals surface area (Å²) < 4.78 is 2.45. The van der Waals surface area contributed by atoms with Crippen molar-refractivity contribution >= 4 is 49.6 Å². The van der Waals surface area contributed by atoms with Gasteiger partial charge in [-0.1, -0.05) is 243 Å². The van der Waals surface area contributed by atoms with Crippen LogP contribution in [0, 0.1) is 0 Å². The Morgan fingerprint density at radius 2 is 0.795 bits per heavy atom. The van der Waals surface area contributed by atoms with E-state index in [-0.39, 0.29) is 0 Å². The molecular formula is C71H48N2. The number of hydrogen-bond acceptors (Lipinski definition) is 1. The van der Waals surface area contributed by atoms with Crippen LogP contribution < -0.4 is 4.90 Å². The van der Waals surface area contributed by atoms with E-state index in [9.17, 15) is 0 Å². The molecule has 0 radical (unpaired) electrons. The van der Waals surface area contributed by atoms with E-state index in [1.54, 1.807) is 0 Å². The van der Waals surface area contributed by atoms with Crippen LogP contribution in [0.5, 0.6) is 0 Å². The van der Waals surface area contributed by atoms with Gasteiger partial charge in [-0.15, -0.1) is 0 Å². The Labute approximate surface area is 426 Å². The van der Waals surface area contributed by atoms with Gasteiger partial charge in [0.15, 0.2) is 0 Å². The largest absolute Gasteiger partial charge is 0.310 e. The second-order valence-corrected chi connectivity index (χ2v) is 19.2. The first-order valence-corrected chi connectivity index (χ1v) is 25.2. The molecule has 1 aromatic heterocycles. The first kappa shape index (κ1) is 42.4. The van der Waals surface area contributed by atoms with Crippen molar-refractivity contribution in [2.24, 2.45) is 0 Å². The van der Waals surface area contributed by atoms with Gasteiger partial charge in [0.25, 0.3) is 0 Å². The Balaban J connectivity index is 0.933. The van der Waals surface area contributed by atoms with E-state index < -0.39 is 5.41 Å². The van der Waals surface area contributed by atoms with Crippen LogP contribution in [0.25, 0.3) is 82.8 Å². The zero-order chi connectivity index (χ0) is 48.3. The van der Waals surface area contributed by atoms with Crippen molar-refractivity contribution in [2.45, 2.75) is 5.41 Å². The van der Waals surface area contributed by atoms with E-state index in [0.29, 0.717) is 0 Å². The van der Waals surface area contributed by atoms with Gasteiger partial charge in [0.05, 0.1) is 22.1 Å². The Hall–Kier alpha value is -9.50. The lowest BCUT2D eigenvalue weighted by molar-refractivity contribution is 0.768. The normalized spacial score (nSPS) is 12.5. The van der Waals surface area contributed by atoms with Crippen molar-refractivity contribution in [1.82, 2.24) is 4.57 Å². The van der Waals surface area contributed by atoms with Gasteiger partial charge in [-0.3, -0.25) is 0 Å². The second-order valence-electron chi connectivity index (χ2n) is 19.2. The fraction of sp³-hybridized carbons (Fsp3) is 0.0141. The van der Waals surface area contributed by atoms with Gasteiger partial charge in [0.2, 0.25) is 0 Å². The molecule has 1 aliphatic carbocycles. The molecule has 14 rings (SSSR count). The van der Waals surface area contributed by atoms with Gasteiger partial charge in [0, 0.05) is 38.8 Å². The Kier molecular flexibility index (Phi) is 10.1. The molecule has 2 nitrogen and oxygen atoms in total. The molecule has 0 fully saturated rings. The highest BCUT2D eigenvalue weighted by Crippen LogP contribution is 2.59. The summed E-state index contributed by atoms with van der Waals surface area (Å²) in [5.41, 5.74) is 21.0. The molecule has 0 bridgehead atoms. The third kappa shape index (κ3) is 6.87. The highest BCUT2D eigenvalue weighted by molar-refractivity contribution is 6.19. The molecule has 0 N–H and O–H groups in total. The van der Waals surface area contributed by atoms with Crippen LogP contribution in [0.1, 0.15) is 22.3 Å². The molecule has 342 valence electrons. The molecule has 0 saturated carbocycles. The number of rotatable bonds is 9. The third-order valence-corrected chi connectivity index (χ3v) is 15.3. The van der Waals surface area contributed by atoms with E-state index >= 15 is 0 Å². The third-order valence-electron chi connectivity index (χ3n) is 15.3. The lowest BCUT2D eigenvalue weighted by Crippen LogP contribution is -2.28. The smallest absolute Gasteiger partial charge is 0.0714 e. The van der Waals surface area contributed by atoms with E-state index in [4.69, 9.17) is 0 Å². The monoisotopic (exact) mass is 928 g/mol. The minimum Gasteiger partial charge on any atom is -0.310 e. The molecule has 0 unspecified atom stereocenters. The molecule has 73 heavy (non-hydrogen) atoms. The minimum absolute atomic E-state index is 0.525. The number of benzene rings is 12. The van der Waals surface area contributed by atoms with Gasteiger partial charge in [-0.05, 0) is 115 Å². The molecular weight excluding hydrogens is 881 g/mol. The molecule has 2 heteroatoms. The Morgan fingerprint density at radius 1 is 0.315 bits per heavy atom. The molecule has 0 aliphatic heterocycles. The van der Waals surface area contributed by atoms with Crippen LogP contribution >= 0.6 is 0 Å². The van der Waals surface area contributed by atoms with Crippen LogP contribution in [0.2, 0.25) is 0 Å². The van der Waals surface area contributed by atoms with Crippen LogP contribution in [0.4, 0.5) is 17.1 Å². The first-order valence-electron chi connectivity index (χ1n) is 25.2. The topological polar surface area (TPSA) is 8.17 Å². The van der Waals surface area contributed by atoms with Crippen molar-refractivity contribution in [2.75, 3.05) is 4.90 Å². The van der Waals surface area contributed by atoms with Crippen LogP contribution in [-0.2, 0) is 5.41 Å². The maximum absolute atomic E-state index is 2.47. The average Bonchev–Trinajstić information content (AvgIpc) is 4.03. The zero-order valence-corrected chi connectivity index (χ0v) is 40.1. The van der Waals surface area contributed by atoms with Crippen molar-refractivity contribution in [1.29, 1.82) is 0 Å². The lowest BCUT2D eigenvalue weighted by Gasteiger charge is -2.34. The van der Waals surface area contributed by atoms with Gasteiger partial charge < -0.3 is 9.47 Å². The van der Waals surface area contributed by atoms with E-state index in [0.717, 1.165) is 28.3 Å². The quantitative estimate of drug-likeness (QED) is 0.140. The van der Waals surface area contributed by atoms with Crippen molar-refractivity contribution in [3.63, 3.8) is 0 Å². The number of para-hydroxylation sites is 1. The predicted octanol–water partition coefficient (Wildman–Crippen LogP) is 18.8. The summed E-state index contributed by atoms with van der Waals surface area (Å²) in [6.07, 6.45) is 0. The molecule has 0 saturated heterocycles. The zero-order valence-electron chi connectivity index (χ0n) is 40.1. The lowest BCUT2D eigenvalue weighted by atomic mass is 9.68. The minimum atomic E-state index is -0.525. The summed E-state index contributed by atoms with van der Waals surface area (Å²) >= 11 is 0. The number of aromatic nitrogens is 1. The fourth-order valence-electron chi connectivity index (χ4n) is 12.0. The second kappa shape index (κ2) is 17.4. The molecule has 0 amide bonds. The molecule has 0 spiro atoms. The van der Waals surface area contributed by atoms with Crippen LogP contribution in [-0.4, -0.2) is 4.57 Å². The number of nitrogens with zero attached hydrogens (tertiary/aromatic N) is 2. The maximum Gasteiger partial charge on any atom is 0.0714 e. The summed E-state index contributed by atoms with van der Waals surface area (Å²) in [6, 6.07) is 107. The van der Waals surface area contributed by atoms with Gasteiger partial charge in [-0.2, -0.15) is 0 Å². The molecule has 1 aliphatic rings. The van der Waals surface area contributed by atoms with E-state index in [1.165, 1.54) is 93.8 Å². The first-order chi connectivity index (χ1) is 36.2. The van der Waals surface area contributed by atoms with Gasteiger partial charge in [0.1, 0.15) is 0 Å². The predicted molar refractivity (Wildman–Crippen MR) is 307 cm³/mol. The highest BCUT2D eigenvalue weighted by atomic mass is 15.1. The Morgan fingerprint density at radius 3 is 1.44 bits per heavy atom. The van der Waals surface area contributed by atoms with E-state index in [2.05, 4.69) is 301 Å². The van der Waals surface area contributed by atoms with Crippen LogP contribution in [0.3, 0.4) is 0 Å². The fourth-order valence-corrected chi connectivity index (χ4v) is 12.0. The molecule has 13 aromatic rings. The number of anilines is 3. The maximum atomic E-state index is 2.47. The number of hydrogen-bond donors (Lipinski definition) is 0. The van der Waals surface area contributed by atoms with Crippen molar-refractivity contribution in [3.05, 3.63) is 313 Å². The van der Waals surface area contributed by atoms with Gasteiger partial charge in [-0.25, -0.2) is 0 Å². The summed E-state index contributed by atoms with van der Waals surface area (Å²) in [5, 5.41) is 4.98. The SMILES string of the molecule is c1ccc(-c2ccc(-c3ccc(N(c4ccc(-c5ccc6c7ccc8ccccc8c7n(-c7ccccc7)c6c5)cc4)c4cccc5c4-c4ccccc4C5(c4ccccc4)c4ccccc4)cc3)cc2)cc1. The van der Waals surface area contributed by atoms with Crippen molar-refractivity contribution in [3.8, 4) is 50.2 Å².